The molecule has 0 aliphatic heterocycles. The van der Waals surface area contributed by atoms with Crippen LogP contribution in [0.25, 0.3) is 0 Å². The summed E-state index contributed by atoms with van der Waals surface area (Å²) in [6, 6.07) is 2.27. The van der Waals surface area contributed by atoms with E-state index in [1.807, 2.05) is 0 Å². The fourth-order valence-electron chi connectivity index (χ4n) is 0.863. The molecule has 1 aromatic heterocycles. The first kappa shape index (κ1) is 9.53. The molecule has 0 aliphatic rings. The van der Waals surface area contributed by atoms with Crippen molar-refractivity contribution in [1.29, 1.82) is 0 Å². The van der Waals surface area contributed by atoms with E-state index in [2.05, 4.69) is 6.07 Å². The SMILES string of the molecule is [3H]c1[c-]c(=O)n(CC)c(O)c1C.[W]. The van der Waals surface area contributed by atoms with Gasteiger partial charge in [-0.2, -0.15) is 6.07 Å². The molecule has 12 heavy (non-hydrogen) atoms. The van der Waals surface area contributed by atoms with Gasteiger partial charge in [-0.1, -0.05) is 0 Å². The zero-order valence-electron chi connectivity index (χ0n) is 7.92. The number of nitrogens with zero attached hydrogens (tertiary/aromatic N) is 1. The van der Waals surface area contributed by atoms with Gasteiger partial charge in [-0.15, -0.1) is 12.5 Å². The van der Waals surface area contributed by atoms with Crippen LogP contribution in [0.4, 0.5) is 0 Å². The van der Waals surface area contributed by atoms with Crippen molar-refractivity contribution in [3.05, 3.63) is 28.0 Å². The largest absolute Gasteiger partial charge is 0.509 e. The Balaban J connectivity index is 0.00000144. The molecule has 1 N–H and O–H groups in total. The Hall–Kier alpha value is -0.562. The Morgan fingerprint density at radius 1 is 1.83 bits per heavy atom. The Morgan fingerprint density at radius 2 is 2.42 bits per heavy atom. The maximum Gasteiger partial charge on any atom is 0.160 e. The van der Waals surface area contributed by atoms with E-state index in [1.54, 1.807) is 13.8 Å². The van der Waals surface area contributed by atoms with Gasteiger partial charge in [-0.25, -0.2) is 6.04 Å². The molecule has 0 aliphatic carbocycles. The molecule has 0 fully saturated rings. The van der Waals surface area contributed by atoms with Gasteiger partial charge < -0.3 is 9.67 Å². The minimum absolute atomic E-state index is 0. The van der Waals surface area contributed by atoms with Gasteiger partial charge in [0.1, 0.15) is 5.88 Å². The van der Waals surface area contributed by atoms with Gasteiger partial charge in [0.15, 0.2) is 5.56 Å². The van der Waals surface area contributed by atoms with Crippen LogP contribution in [-0.4, -0.2) is 9.67 Å². The first-order chi connectivity index (χ1) is 5.57. The normalized spacial score (nSPS) is 10.3. The van der Waals surface area contributed by atoms with E-state index >= 15 is 0 Å². The topological polar surface area (TPSA) is 42.2 Å². The zero-order valence-corrected chi connectivity index (χ0v) is 9.85. The summed E-state index contributed by atoms with van der Waals surface area (Å²) in [5.74, 6) is -0.133. The Labute approximate surface area is 86.7 Å². The van der Waals surface area contributed by atoms with Gasteiger partial charge in [0.25, 0.3) is 0 Å². The molecule has 3 nitrogen and oxygen atoms in total. The molecule has 0 atom stereocenters. The quantitative estimate of drug-likeness (QED) is 0.766. The number of hydrogen-bond donors (Lipinski definition) is 1. The molecule has 0 amide bonds. The van der Waals surface area contributed by atoms with Crippen LogP contribution in [0.2, 0.25) is 0 Å². The van der Waals surface area contributed by atoms with Gasteiger partial charge in [0, 0.05) is 29.0 Å². The summed E-state index contributed by atoms with van der Waals surface area (Å²) in [6.45, 7) is 3.72. The van der Waals surface area contributed by atoms with Crippen molar-refractivity contribution in [2.45, 2.75) is 20.4 Å². The molecule has 0 bridgehead atoms. The first-order valence-electron chi connectivity index (χ1n) is 3.90. The van der Waals surface area contributed by atoms with E-state index in [4.69, 9.17) is 1.37 Å². The Bertz CT molecular complexity index is 362. The molecule has 0 spiro atoms. The Morgan fingerprint density at radius 3 is 2.92 bits per heavy atom. The molecule has 1 heterocycles. The van der Waals surface area contributed by atoms with Crippen LogP contribution in [0.15, 0.2) is 10.8 Å². The second-order valence-electron chi connectivity index (χ2n) is 2.25. The summed E-state index contributed by atoms with van der Waals surface area (Å²) in [4.78, 5) is 11.1. The third-order valence-corrected chi connectivity index (χ3v) is 1.51. The number of rotatable bonds is 1. The first-order valence-corrected chi connectivity index (χ1v) is 3.40. The van der Waals surface area contributed by atoms with E-state index in [0.717, 1.165) is 0 Å². The molecule has 0 saturated carbocycles. The van der Waals surface area contributed by atoms with Crippen molar-refractivity contribution in [3.63, 3.8) is 0 Å². The van der Waals surface area contributed by atoms with Crippen LogP contribution < -0.4 is 5.56 Å². The zero-order chi connectivity index (χ0) is 9.30. The van der Waals surface area contributed by atoms with E-state index in [1.165, 1.54) is 4.57 Å². The van der Waals surface area contributed by atoms with Crippen LogP contribution in [0.5, 0.6) is 5.88 Å². The fraction of sp³-hybridized carbons (Fsp3) is 0.375. The average molecular weight is 338 g/mol. The number of hydrogen-bond acceptors (Lipinski definition) is 2. The molecule has 1 aromatic rings. The molecule has 0 radical (unpaired) electrons. The third kappa shape index (κ3) is 1.98. The summed E-state index contributed by atoms with van der Waals surface area (Å²) < 4.78 is 8.42. The standard InChI is InChI=1S/C8H10NO2.W/c1-3-9-7(10)5-4-6(2)8(9)11;/h4,11H,3H2,1-2H3;/q-1;/i4T;. The maximum atomic E-state index is 11.1. The summed E-state index contributed by atoms with van der Waals surface area (Å²) >= 11 is 0. The van der Waals surface area contributed by atoms with Crippen molar-refractivity contribution < 1.29 is 27.5 Å². The van der Waals surface area contributed by atoms with Gasteiger partial charge in [0.2, 0.25) is 0 Å². The van der Waals surface area contributed by atoms with E-state index in [-0.39, 0.29) is 33.0 Å². The number of aromatic hydroxyl groups is 1. The van der Waals surface area contributed by atoms with Gasteiger partial charge in [0.05, 0.1) is 0 Å². The fourth-order valence-corrected chi connectivity index (χ4v) is 0.863. The van der Waals surface area contributed by atoms with Gasteiger partial charge in [-0.05, 0) is 6.92 Å². The van der Waals surface area contributed by atoms with Crippen molar-refractivity contribution in [2.75, 3.05) is 0 Å². The minimum Gasteiger partial charge on any atom is -0.509 e. The van der Waals surface area contributed by atoms with Crippen molar-refractivity contribution in [2.24, 2.45) is 0 Å². The average Bonchev–Trinajstić information content (AvgIpc) is 2.01. The second-order valence-corrected chi connectivity index (χ2v) is 2.25. The number of pyridine rings is 1. The van der Waals surface area contributed by atoms with Crippen LogP contribution in [-0.2, 0) is 27.6 Å². The van der Waals surface area contributed by atoms with Crippen molar-refractivity contribution >= 4 is 0 Å². The van der Waals surface area contributed by atoms with Gasteiger partial charge in [-0.3, -0.25) is 4.79 Å². The third-order valence-electron chi connectivity index (χ3n) is 1.51. The molecule has 0 unspecified atom stereocenters. The van der Waals surface area contributed by atoms with Crippen molar-refractivity contribution in [3.8, 4) is 5.88 Å². The van der Waals surface area contributed by atoms with Crippen LogP contribution >= 0.6 is 0 Å². The summed E-state index contributed by atoms with van der Waals surface area (Å²) in [5.41, 5.74) is -0.0675. The van der Waals surface area contributed by atoms with Crippen LogP contribution in [0.3, 0.4) is 0 Å². The monoisotopic (exact) mass is 338 g/mol. The van der Waals surface area contributed by atoms with Crippen LogP contribution in [0.1, 0.15) is 13.9 Å². The van der Waals surface area contributed by atoms with Crippen molar-refractivity contribution in [1.82, 2.24) is 4.57 Å². The molecule has 0 saturated heterocycles. The van der Waals surface area contributed by atoms with E-state index < -0.39 is 5.56 Å². The predicted octanol–water partition coefficient (Wildman–Crippen LogP) is 0.680. The predicted molar refractivity (Wildman–Crippen MR) is 41.6 cm³/mol. The molecule has 66 valence electrons. The molecule has 0 aromatic carbocycles. The molecule has 1 rings (SSSR count). The van der Waals surface area contributed by atoms with E-state index in [9.17, 15) is 9.90 Å². The Kier molecular flexibility index (Phi) is 3.54. The maximum absolute atomic E-state index is 11.1. The van der Waals surface area contributed by atoms with Crippen LogP contribution in [0, 0.1) is 13.0 Å². The molecular weight excluding hydrogens is 326 g/mol. The minimum atomic E-state index is -0.453. The van der Waals surface area contributed by atoms with E-state index in [0.29, 0.717) is 12.1 Å². The summed E-state index contributed by atoms with van der Waals surface area (Å²) in [6.07, 6.45) is 0. The second kappa shape index (κ2) is 4.46. The smallest absolute Gasteiger partial charge is 0.160 e. The summed E-state index contributed by atoms with van der Waals surface area (Å²) in [7, 11) is 0. The molecular formula is C8H10NO2W-. The summed E-state index contributed by atoms with van der Waals surface area (Å²) in [5, 5.41) is 9.38. The number of aromatic nitrogens is 1. The molecule has 4 heteroatoms. The van der Waals surface area contributed by atoms with Gasteiger partial charge >= 0.3 is 0 Å².